The highest BCUT2D eigenvalue weighted by Crippen LogP contribution is 2.37. The number of halogens is 4. The third-order valence-corrected chi connectivity index (χ3v) is 7.02. The zero-order chi connectivity index (χ0) is 23.9. The largest absolute Gasteiger partial charge is 0.485 e. The van der Waals surface area contributed by atoms with Gasteiger partial charge in [-0.2, -0.15) is 13.2 Å². The van der Waals surface area contributed by atoms with E-state index in [1.54, 1.807) is 6.92 Å². The SMILES string of the molecule is Cc1ccc2sc(CC(=O)O)nc2c1OCc1sc(-c2ccc(C(F)(F)F)c(F)c2)nc1C. The minimum absolute atomic E-state index is 0.123. The Morgan fingerprint density at radius 2 is 1.88 bits per heavy atom. The maximum Gasteiger partial charge on any atom is 0.419 e. The first-order valence-corrected chi connectivity index (χ1v) is 11.2. The van der Waals surface area contributed by atoms with Gasteiger partial charge in [-0.3, -0.25) is 4.79 Å². The number of carbonyl (C=O) groups is 1. The van der Waals surface area contributed by atoms with Crippen molar-refractivity contribution in [1.29, 1.82) is 0 Å². The van der Waals surface area contributed by atoms with E-state index in [-0.39, 0.29) is 18.6 Å². The summed E-state index contributed by atoms with van der Waals surface area (Å²) in [6, 6.07) is 6.44. The molecular formula is C22H16F4N2O3S2. The van der Waals surface area contributed by atoms with Gasteiger partial charge in [0.05, 0.1) is 27.3 Å². The van der Waals surface area contributed by atoms with Crippen molar-refractivity contribution in [3.8, 4) is 16.3 Å². The van der Waals surface area contributed by atoms with Gasteiger partial charge in [0.25, 0.3) is 0 Å². The molecule has 0 unspecified atom stereocenters. The summed E-state index contributed by atoms with van der Waals surface area (Å²) in [4.78, 5) is 20.5. The summed E-state index contributed by atoms with van der Waals surface area (Å²) in [6.07, 6.45) is -4.95. The Labute approximate surface area is 193 Å². The number of nitrogens with zero attached hydrogens (tertiary/aromatic N) is 2. The molecule has 0 saturated heterocycles. The molecule has 0 aliphatic heterocycles. The maximum absolute atomic E-state index is 14.0. The predicted molar refractivity (Wildman–Crippen MR) is 117 cm³/mol. The molecule has 2 aromatic heterocycles. The van der Waals surface area contributed by atoms with Crippen LogP contribution >= 0.6 is 22.7 Å². The summed E-state index contributed by atoms with van der Waals surface area (Å²) in [5.74, 6) is -1.80. The van der Waals surface area contributed by atoms with E-state index in [0.29, 0.717) is 33.0 Å². The number of carboxylic acid groups (broad SMARTS) is 1. The van der Waals surface area contributed by atoms with E-state index < -0.39 is 23.5 Å². The lowest BCUT2D eigenvalue weighted by Crippen LogP contribution is -2.07. The third kappa shape index (κ3) is 4.83. The molecule has 2 aromatic carbocycles. The lowest BCUT2D eigenvalue weighted by atomic mass is 10.1. The molecule has 0 bridgehead atoms. The Morgan fingerprint density at radius 3 is 2.55 bits per heavy atom. The number of benzene rings is 2. The minimum Gasteiger partial charge on any atom is -0.485 e. The number of ether oxygens (including phenoxy) is 1. The fraction of sp³-hybridized carbons (Fsp3) is 0.227. The minimum atomic E-state index is -4.76. The number of aromatic nitrogens is 2. The monoisotopic (exact) mass is 496 g/mol. The van der Waals surface area contributed by atoms with Crippen LogP contribution in [-0.2, 0) is 24.0 Å². The molecule has 5 nitrogen and oxygen atoms in total. The molecule has 0 aliphatic rings. The van der Waals surface area contributed by atoms with Gasteiger partial charge < -0.3 is 9.84 Å². The zero-order valence-electron chi connectivity index (χ0n) is 17.3. The number of rotatable bonds is 6. The Hall–Kier alpha value is -3.05. The number of carboxylic acids is 1. The summed E-state index contributed by atoms with van der Waals surface area (Å²) in [5, 5.41) is 9.86. The topological polar surface area (TPSA) is 72.3 Å². The predicted octanol–water partition coefficient (Wildman–Crippen LogP) is 6.40. The third-order valence-electron chi connectivity index (χ3n) is 4.82. The molecule has 33 heavy (non-hydrogen) atoms. The summed E-state index contributed by atoms with van der Waals surface area (Å²) in [5.41, 5.74) is 0.934. The fourth-order valence-electron chi connectivity index (χ4n) is 3.20. The molecule has 172 valence electrons. The summed E-state index contributed by atoms with van der Waals surface area (Å²) in [6.45, 7) is 3.71. The van der Waals surface area contributed by atoms with Crippen LogP contribution in [0.25, 0.3) is 20.8 Å². The lowest BCUT2D eigenvalue weighted by molar-refractivity contribution is -0.140. The average molecular weight is 497 g/mol. The molecule has 0 spiro atoms. The highest BCUT2D eigenvalue weighted by molar-refractivity contribution is 7.18. The second-order valence-corrected chi connectivity index (χ2v) is 9.44. The zero-order valence-corrected chi connectivity index (χ0v) is 18.9. The summed E-state index contributed by atoms with van der Waals surface area (Å²) in [7, 11) is 0. The number of alkyl halides is 3. The normalized spacial score (nSPS) is 11.8. The van der Waals surface area contributed by atoms with E-state index in [0.717, 1.165) is 21.2 Å². The molecule has 0 amide bonds. The molecular weight excluding hydrogens is 480 g/mol. The summed E-state index contributed by atoms with van der Waals surface area (Å²) < 4.78 is 59.2. The number of hydrogen-bond acceptors (Lipinski definition) is 6. The highest BCUT2D eigenvalue weighted by Gasteiger charge is 2.34. The van der Waals surface area contributed by atoms with Crippen molar-refractivity contribution in [2.24, 2.45) is 0 Å². The van der Waals surface area contributed by atoms with Crippen molar-refractivity contribution in [2.75, 3.05) is 0 Å². The smallest absolute Gasteiger partial charge is 0.419 e. The molecule has 1 N–H and O–H groups in total. The van der Waals surface area contributed by atoms with Crippen LogP contribution < -0.4 is 4.74 Å². The number of hydrogen-bond donors (Lipinski definition) is 1. The summed E-state index contributed by atoms with van der Waals surface area (Å²) >= 11 is 2.48. The molecule has 0 fully saturated rings. The van der Waals surface area contributed by atoms with Crippen LogP contribution in [0.3, 0.4) is 0 Å². The number of fused-ring (bicyclic) bond motifs is 1. The van der Waals surface area contributed by atoms with Gasteiger partial charge in [0.15, 0.2) is 0 Å². The lowest BCUT2D eigenvalue weighted by Gasteiger charge is -2.09. The second kappa shape index (κ2) is 8.71. The Bertz CT molecular complexity index is 1360. The van der Waals surface area contributed by atoms with Crippen molar-refractivity contribution in [3.63, 3.8) is 0 Å². The quantitative estimate of drug-likeness (QED) is 0.313. The van der Waals surface area contributed by atoms with E-state index in [1.165, 1.54) is 28.7 Å². The van der Waals surface area contributed by atoms with Gasteiger partial charge in [0.2, 0.25) is 0 Å². The van der Waals surface area contributed by atoms with E-state index >= 15 is 0 Å². The first kappa shape index (κ1) is 23.1. The van der Waals surface area contributed by atoms with Gasteiger partial charge in [-0.25, -0.2) is 14.4 Å². The standard InChI is InChI=1S/C22H16F4N2O3S2/c1-10-3-6-15-19(28-17(32-15)8-18(29)30)20(10)31-9-16-11(2)27-21(33-16)12-4-5-13(14(23)7-12)22(24,25)26/h3-7H,8-9H2,1-2H3,(H,29,30). The molecule has 4 rings (SSSR count). The number of aryl methyl sites for hydroxylation is 2. The molecule has 0 radical (unpaired) electrons. The molecule has 0 atom stereocenters. The first-order chi connectivity index (χ1) is 15.5. The first-order valence-electron chi connectivity index (χ1n) is 9.60. The fourth-order valence-corrected chi connectivity index (χ4v) is 5.13. The van der Waals surface area contributed by atoms with Crippen LogP contribution in [0.15, 0.2) is 30.3 Å². The Morgan fingerprint density at radius 1 is 1.12 bits per heavy atom. The average Bonchev–Trinajstić information content (AvgIpc) is 3.28. The molecule has 0 aliphatic carbocycles. The number of aliphatic carboxylic acids is 1. The highest BCUT2D eigenvalue weighted by atomic mass is 32.1. The Kier molecular flexibility index (Phi) is 6.10. The maximum atomic E-state index is 14.0. The molecule has 4 aromatic rings. The van der Waals surface area contributed by atoms with E-state index in [9.17, 15) is 22.4 Å². The van der Waals surface area contributed by atoms with Gasteiger partial charge >= 0.3 is 12.1 Å². The molecule has 11 heteroatoms. The van der Waals surface area contributed by atoms with E-state index in [1.807, 2.05) is 19.1 Å². The van der Waals surface area contributed by atoms with Gasteiger partial charge in [0.1, 0.15) is 33.7 Å². The van der Waals surface area contributed by atoms with Gasteiger partial charge in [0, 0.05) is 5.56 Å². The number of thiazole rings is 2. The van der Waals surface area contributed by atoms with Crippen LogP contribution in [0, 0.1) is 19.7 Å². The van der Waals surface area contributed by atoms with Crippen molar-refractivity contribution >= 4 is 38.9 Å². The van der Waals surface area contributed by atoms with Crippen LogP contribution in [-0.4, -0.2) is 21.0 Å². The van der Waals surface area contributed by atoms with Crippen LogP contribution in [0.1, 0.15) is 26.7 Å². The van der Waals surface area contributed by atoms with Gasteiger partial charge in [-0.15, -0.1) is 22.7 Å². The van der Waals surface area contributed by atoms with Gasteiger partial charge in [-0.1, -0.05) is 12.1 Å². The molecule has 0 saturated carbocycles. The van der Waals surface area contributed by atoms with Crippen LogP contribution in [0.4, 0.5) is 17.6 Å². The van der Waals surface area contributed by atoms with E-state index in [2.05, 4.69) is 9.97 Å². The van der Waals surface area contributed by atoms with Crippen molar-refractivity contribution < 1.29 is 32.2 Å². The van der Waals surface area contributed by atoms with Crippen molar-refractivity contribution in [3.05, 3.63) is 62.9 Å². The van der Waals surface area contributed by atoms with Crippen molar-refractivity contribution in [2.45, 2.75) is 33.1 Å². The Balaban J connectivity index is 1.59. The van der Waals surface area contributed by atoms with Crippen LogP contribution in [0.2, 0.25) is 0 Å². The van der Waals surface area contributed by atoms with E-state index in [4.69, 9.17) is 9.84 Å². The van der Waals surface area contributed by atoms with Crippen molar-refractivity contribution in [1.82, 2.24) is 9.97 Å². The second-order valence-electron chi connectivity index (χ2n) is 7.25. The van der Waals surface area contributed by atoms with Gasteiger partial charge in [-0.05, 0) is 37.6 Å². The van der Waals surface area contributed by atoms with Crippen LogP contribution in [0.5, 0.6) is 5.75 Å². The molecule has 2 heterocycles.